The summed E-state index contributed by atoms with van der Waals surface area (Å²) in [5.74, 6) is 1.06. The molecule has 1 aliphatic carbocycles. The Morgan fingerprint density at radius 2 is 1.64 bits per heavy atom. The highest BCUT2D eigenvalue weighted by molar-refractivity contribution is 4.62. The van der Waals surface area contributed by atoms with Crippen LogP contribution in [0.2, 0.25) is 0 Å². The molecule has 0 radical (unpaired) electrons. The van der Waals surface area contributed by atoms with Crippen LogP contribution in [0.5, 0.6) is 0 Å². The molecule has 14 heavy (non-hydrogen) atoms. The lowest BCUT2D eigenvalue weighted by Gasteiger charge is -2.18. The molecular weight excluding hydrogens is 170 g/mol. The lowest BCUT2D eigenvalue weighted by molar-refractivity contribution is 0.346. The van der Waals surface area contributed by atoms with Gasteiger partial charge in [-0.25, -0.2) is 0 Å². The Kier molecular flexibility index (Phi) is 18.1. The summed E-state index contributed by atoms with van der Waals surface area (Å²) in [6.07, 6.45) is 8.47. The number of nitrogens with one attached hydrogen (secondary N) is 1. The van der Waals surface area contributed by atoms with Gasteiger partial charge in [-0.3, -0.25) is 0 Å². The Hall–Kier alpha value is -0.0400. The average molecular weight is 201 g/mol. The van der Waals surface area contributed by atoms with E-state index in [1.54, 1.807) is 0 Å². The lowest BCUT2D eigenvalue weighted by atomic mass is 9.88. The third kappa shape index (κ3) is 14.5. The predicted octanol–water partition coefficient (Wildman–Crippen LogP) is 4.23. The summed E-state index contributed by atoms with van der Waals surface area (Å²) in [7, 11) is 2.00. The molecule has 1 fully saturated rings. The Morgan fingerprint density at radius 1 is 1.14 bits per heavy atom. The first-order valence-electron chi connectivity index (χ1n) is 6.45. The second-order valence-corrected chi connectivity index (χ2v) is 3.85. The molecule has 0 heterocycles. The van der Waals surface area contributed by atoms with E-state index in [0.717, 1.165) is 5.92 Å². The highest BCUT2D eigenvalue weighted by atomic mass is 14.8. The van der Waals surface area contributed by atoms with Crippen LogP contribution in [0.3, 0.4) is 0 Å². The molecule has 0 aliphatic heterocycles. The van der Waals surface area contributed by atoms with Gasteiger partial charge in [0.15, 0.2) is 0 Å². The fraction of sp³-hybridized carbons (Fsp3) is 1.00. The van der Waals surface area contributed by atoms with Gasteiger partial charge in [-0.1, -0.05) is 59.8 Å². The van der Waals surface area contributed by atoms with E-state index in [0.29, 0.717) is 0 Å². The highest BCUT2D eigenvalue weighted by Gasteiger charge is 2.09. The minimum atomic E-state index is 1.06. The van der Waals surface area contributed by atoms with Crippen LogP contribution in [-0.2, 0) is 0 Å². The molecule has 0 unspecified atom stereocenters. The van der Waals surface area contributed by atoms with Gasteiger partial charge < -0.3 is 5.32 Å². The smallest absolute Gasteiger partial charge is 0.00519 e. The van der Waals surface area contributed by atoms with Gasteiger partial charge >= 0.3 is 0 Å². The SMILES string of the molecule is CC.CC1CCC1.CCCCCNC. The van der Waals surface area contributed by atoms with Crippen molar-refractivity contribution in [3.8, 4) is 0 Å². The maximum Gasteiger partial charge on any atom is -0.00519 e. The molecular formula is C13H31N. The minimum Gasteiger partial charge on any atom is -0.320 e. The van der Waals surface area contributed by atoms with E-state index in [1.165, 1.54) is 45.1 Å². The van der Waals surface area contributed by atoms with Gasteiger partial charge in [0.25, 0.3) is 0 Å². The summed E-state index contributed by atoms with van der Waals surface area (Å²) >= 11 is 0. The van der Waals surface area contributed by atoms with Crippen molar-refractivity contribution in [2.24, 2.45) is 5.92 Å². The molecule has 0 aromatic carbocycles. The molecule has 0 amide bonds. The van der Waals surface area contributed by atoms with Gasteiger partial charge in [0.05, 0.1) is 0 Å². The van der Waals surface area contributed by atoms with Crippen molar-refractivity contribution in [1.82, 2.24) is 5.32 Å². The van der Waals surface area contributed by atoms with Crippen LogP contribution in [0.25, 0.3) is 0 Å². The monoisotopic (exact) mass is 201 g/mol. The topological polar surface area (TPSA) is 12.0 Å². The molecule has 1 saturated carbocycles. The van der Waals surface area contributed by atoms with Gasteiger partial charge in [0, 0.05) is 0 Å². The van der Waals surface area contributed by atoms with Gasteiger partial charge in [-0.15, -0.1) is 0 Å². The second kappa shape index (κ2) is 15.4. The van der Waals surface area contributed by atoms with E-state index in [1.807, 2.05) is 20.9 Å². The molecule has 1 rings (SSSR count). The summed E-state index contributed by atoms with van der Waals surface area (Å²) < 4.78 is 0. The molecule has 0 aromatic rings. The largest absolute Gasteiger partial charge is 0.320 e. The molecule has 0 atom stereocenters. The van der Waals surface area contributed by atoms with Crippen LogP contribution >= 0.6 is 0 Å². The van der Waals surface area contributed by atoms with E-state index >= 15 is 0 Å². The maximum atomic E-state index is 3.10. The molecule has 1 aliphatic rings. The first kappa shape index (κ1) is 16.4. The van der Waals surface area contributed by atoms with E-state index in [9.17, 15) is 0 Å². The number of hydrogen-bond acceptors (Lipinski definition) is 1. The van der Waals surface area contributed by atoms with Crippen LogP contribution < -0.4 is 5.32 Å². The summed E-state index contributed by atoms with van der Waals surface area (Å²) in [6.45, 7) is 9.70. The average Bonchev–Trinajstić information content (AvgIpc) is 2.20. The number of unbranched alkanes of at least 4 members (excludes halogenated alkanes) is 2. The van der Waals surface area contributed by atoms with Crippen LogP contribution in [0.4, 0.5) is 0 Å². The van der Waals surface area contributed by atoms with Crippen molar-refractivity contribution in [2.75, 3.05) is 13.6 Å². The highest BCUT2D eigenvalue weighted by Crippen LogP contribution is 2.24. The van der Waals surface area contributed by atoms with E-state index in [4.69, 9.17) is 0 Å². The number of rotatable bonds is 4. The second-order valence-electron chi connectivity index (χ2n) is 3.85. The van der Waals surface area contributed by atoms with Crippen molar-refractivity contribution >= 4 is 0 Å². The molecule has 0 aromatic heterocycles. The zero-order valence-electron chi connectivity index (χ0n) is 11.0. The lowest BCUT2D eigenvalue weighted by Crippen LogP contribution is -2.06. The van der Waals surface area contributed by atoms with E-state index < -0.39 is 0 Å². The summed E-state index contributed by atoms with van der Waals surface area (Å²) in [4.78, 5) is 0. The van der Waals surface area contributed by atoms with Crippen molar-refractivity contribution in [2.45, 2.75) is 66.2 Å². The summed E-state index contributed by atoms with van der Waals surface area (Å²) in [5, 5.41) is 3.10. The van der Waals surface area contributed by atoms with Crippen LogP contribution in [-0.4, -0.2) is 13.6 Å². The molecule has 0 saturated heterocycles. The van der Waals surface area contributed by atoms with Crippen LogP contribution in [0.1, 0.15) is 66.2 Å². The molecule has 1 nitrogen and oxygen atoms in total. The molecule has 1 N–H and O–H groups in total. The normalized spacial score (nSPS) is 14.4. The fourth-order valence-corrected chi connectivity index (χ4v) is 1.16. The quantitative estimate of drug-likeness (QED) is 0.671. The van der Waals surface area contributed by atoms with Crippen molar-refractivity contribution < 1.29 is 0 Å². The summed E-state index contributed by atoms with van der Waals surface area (Å²) in [6, 6.07) is 0. The maximum absolute atomic E-state index is 3.10. The minimum absolute atomic E-state index is 1.06. The van der Waals surface area contributed by atoms with Crippen LogP contribution in [0.15, 0.2) is 0 Å². The van der Waals surface area contributed by atoms with Gasteiger partial charge in [0.1, 0.15) is 0 Å². The molecule has 1 heteroatoms. The molecule has 0 bridgehead atoms. The third-order valence-electron chi connectivity index (χ3n) is 2.42. The van der Waals surface area contributed by atoms with E-state index in [-0.39, 0.29) is 0 Å². The molecule has 0 spiro atoms. The van der Waals surface area contributed by atoms with Crippen molar-refractivity contribution in [3.05, 3.63) is 0 Å². The fourth-order valence-electron chi connectivity index (χ4n) is 1.16. The van der Waals surface area contributed by atoms with Gasteiger partial charge in [-0.2, -0.15) is 0 Å². The standard InChI is InChI=1S/C6H15N.C5H10.C2H6/c1-3-4-5-6-7-2;1-5-3-2-4-5;1-2/h7H,3-6H2,1-2H3;5H,2-4H2,1H3;1-2H3. The van der Waals surface area contributed by atoms with Gasteiger partial charge in [0.2, 0.25) is 0 Å². The predicted molar refractivity (Wildman–Crippen MR) is 67.8 cm³/mol. The van der Waals surface area contributed by atoms with Crippen LogP contribution in [0, 0.1) is 5.92 Å². The first-order chi connectivity index (χ1) is 6.81. The van der Waals surface area contributed by atoms with Gasteiger partial charge in [-0.05, 0) is 25.9 Å². The Balaban J connectivity index is 0. The zero-order chi connectivity index (χ0) is 11.2. The van der Waals surface area contributed by atoms with E-state index in [2.05, 4.69) is 19.2 Å². The summed E-state index contributed by atoms with van der Waals surface area (Å²) in [5.41, 5.74) is 0. The Morgan fingerprint density at radius 3 is 1.86 bits per heavy atom. The zero-order valence-corrected chi connectivity index (χ0v) is 11.0. The number of hydrogen-bond donors (Lipinski definition) is 1. The Bertz CT molecular complexity index is 73.3. The van der Waals surface area contributed by atoms with Crippen molar-refractivity contribution in [1.29, 1.82) is 0 Å². The first-order valence-corrected chi connectivity index (χ1v) is 6.45. The molecule has 88 valence electrons. The Labute approximate surface area is 91.7 Å². The van der Waals surface area contributed by atoms with Crippen molar-refractivity contribution in [3.63, 3.8) is 0 Å². The third-order valence-corrected chi connectivity index (χ3v) is 2.42.